The Bertz CT molecular complexity index is 467. The average Bonchev–Trinajstić information content (AvgIpc) is 2.60. The van der Waals surface area contributed by atoms with Crippen LogP contribution in [0.4, 0.5) is 0 Å². The Morgan fingerprint density at radius 1 is 1.31 bits per heavy atom. The molecule has 2 rings (SSSR count). The number of nitrogens with zero attached hydrogens (tertiary/aromatic N) is 1. The minimum Gasteiger partial charge on any atom is -0.479 e. The summed E-state index contributed by atoms with van der Waals surface area (Å²) >= 11 is 0. The fraction of sp³-hybridized carbons (Fsp3) is 0.0909. The van der Waals surface area contributed by atoms with E-state index in [9.17, 15) is 4.79 Å². The van der Waals surface area contributed by atoms with E-state index in [0.29, 0.717) is 18.6 Å². The fourth-order valence-corrected chi connectivity index (χ4v) is 1.29. The SMILES string of the molecule is O=Cc1nc(Cc2ccccc2)oc1O.[Na+]. The van der Waals surface area contributed by atoms with Gasteiger partial charge in [0.1, 0.15) is 0 Å². The molecule has 0 unspecified atom stereocenters. The molecule has 1 heterocycles. The number of aldehydes is 1. The van der Waals surface area contributed by atoms with Gasteiger partial charge in [0.25, 0.3) is 0 Å². The molecule has 0 aliphatic rings. The van der Waals surface area contributed by atoms with Crippen molar-refractivity contribution in [3.8, 4) is 5.95 Å². The molecule has 1 aromatic heterocycles. The summed E-state index contributed by atoms with van der Waals surface area (Å²) in [7, 11) is 0. The van der Waals surface area contributed by atoms with E-state index in [0.717, 1.165) is 5.56 Å². The molecular formula is C11H9NNaO3+. The zero-order chi connectivity index (χ0) is 10.7. The fourth-order valence-electron chi connectivity index (χ4n) is 1.29. The number of oxazole rings is 1. The molecule has 0 saturated carbocycles. The second-order valence-corrected chi connectivity index (χ2v) is 3.08. The van der Waals surface area contributed by atoms with E-state index >= 15 is 0 Å². The molecule has 1 aromatic carbocycles. The molecule has 0 aliphatic heterocycles. The molecule has 2 aromatic rings. The maximum atomic E-state index is 10.4. The van der Waals surface area contributed by atoms with Crippen molar-refractivity contribution in [1.29, 1.82) is 0 Å². The number of aromatic nitrogens is 1. The zero-order valence-corrected chi connectivity index (χ0v) is 10.9. The molecule has 0 atom stereocenters. The third-order valence-electron chi connectivity index (χ3n) is 1.99. The Hall–Kier alpha value is -1.10. The van der Waals surface area contributed by atoms with Crippen molar-refractivity contribution in [2.24, 2.45) is 0 Å². The van der Waals surface area contributed by atoms with E-state index in [2.05, 4.69) is 4.98 Å². The molecule has 0 fully saturated rings. The Kier molecular flexibility index (Phi) is 4.73. The minimum absolute atomic E-state index is 0. The first kappa shape index (κ1) is 13.0. The molecule has 0 saturated heterocycles. The Labute approximate surface area is 115 Å². The first-order chi connectivity index (χ1) is 7.29. The third-order valence-corrected chi connectivity index (χ3v) is 1.99. The van der Waals surface area contributed by atoms with Crippen LogP contribution in [0, 0.1) is 0 Å². The molecular weight excluding hydrogens is 217 g/mol. The van der Waals surface area contributed by atoms with Gasteiger partial charge in [-0.1, -0.05) is 30.3 Å². The van der Waals surface area contributed by atoms with Crippen molar-refractivity contribution in [3.63, 3.8) is 0 Å². The van der Waals surface area contributed by atoms with Crippen LogP contribution in [0.5, 0.6) is 5.95 Å². The van der Waals surface area contributed by atoms with Crippen molar-refractivity contribution in [3.05, 3.63) is 47.5 Å². The second kappa shape index (κ2) is 5.84. The number of rotatable bonds is 3. The molecule has 0 bridgehead atoms. The van der Waals surface area contributed by atoms with Crippen LogP contribution in [0.2, 0.25) is 0 Å². The van der Waals surface area contributed by atoms with Crippen LogP contribution in [0.3, 0.4) is 0 Å². The molecule has 0 amide bonds. The van der Waals surface area contributed by atoms with Crippen LogP contribution in [0.25, 0.3) is 0 Å². The second-order valence-electron chi connectivity index (χ2n) is 3.08. The maximum absolute atomic E-state index is 10.4. The standard InChI is InChI=1S/C11H9NO3.Na/c13-7-9-11(14)15-10(12-9)6-8-4-2-1-3-5-8;/h1-5,7,14H,6H2;/q;+1. The number of hydrogen-bond donors (Lipinski definition) is 1. The van der Waals surface area contributed by atoms with Crippen LogP contribution in [-0.2, 0) is 6.42 Å². The van der Waals surface area contributed by atoms with Gasteiger partial charge in [0.15, 0.2) is 12.0 Å². The number of carbonyl (C=O) groups is 1. The van der Waals surface area contributed by atoms with Gasteiger partial charge in [-0.25, -0.2) is 4.98 Å². The van der Waals surface area contributed by atoms with Gasteiger partial charge in [0, 0.05) is 6.42 Å². The molecule has 16 heavy (non-hydrogen) atoms. The summed E-state index contributed by atoms with van der Waals surface area (Å²) in [5, 5.41) is 9.15. The first-order valence-corrected chi connectivity index (χ1v) is 4.47. The quantitative estimate of drug-likeness (QED) is 0.527. The normalized spacial score (nSPS) is 9.50. The van der Waals surface area contributed by atoms with Crippen molar-refractivity contribution in [2.45, 2.75) is 6.42 Å². The number of hydrogen-bond acceptors (Lipinski definition) is 4. The van der Waals surface area contributed by atoms with Crippen molar-refractivity contribution in [2.75, 3.05) is 0 Å². The summed E-state index contributed by atoms with van der Waals surface area (Å²) < 4.78 is 4.92. The number of carbonyl (C=O) groups excluding carboxylic acids is 1. The van der Waals surface area contributed by atoms with Crippen LogP contribution in [0.15, 0.2) is 34.7 Å². The van der Waals surface area contributed by atoms with Crippen molar-refractivity contribution >= 4 is 6.29 Å². The Morgan fingerprint density at radius 2 is 2.00 bits per heavy atom. The summed E-state index contributed by atoms with van der Waals surface area (Å²) in [6.07, 6.45) is 0.926. The van der Waals surface area contributed by atoms with E-state index < -0.39 is 5.95 Å². The van der Waals surface area contributed by atoms with E-state index in [1.807, 2.05) is 30.3 Å². The van der Waals surface area contributed by atoms with Crippen LogP contribution < -0.4 is 29.6 Å². The molecule has 4 nitrogen and oxygen atoms in total. The van der Waals surface area contributed by atoms with Crippen molar-refractivity contribution < 1.29 is 43.9 Å². The van der Waals surface area contributed by atoms with Crippen LogP contribution >= 0.6 is 0 Å². The average molecular weight is 226 g/mol. The Morgan fingerprint density at radius 3 is 2.56 bits per heavy atom. The van der Waals surface area contributed by atoms with Gasteiger partial charge in [-0.3, -0.25) is 4.79 Å². The summed E-state index contributed by atoms with van der Waals surface area (Å²) in [6.45, 7) is 0. The van der Waals surface area contributed by atoms with E-state index in [-0.39, 0.29) is 35.3 Å². The molecule has 0 radical (unpaired) electrons. The number of benzene rings is 1. The summed E-state index contributed by atoms with van der Waals surface area (Å²) in [5.74, 6) is -0.0864. The van der Waals surface area contributed by atoms with Crippen LogP contribution in [-0.4, -0.2) is 16.4 Å². The first-order valence-electron chi connectivity index (χ1n) is 4.47. The predicted molar refractivity (Wildman–Crippen MR) is 52.8 cm³/mol. The smallest absolute Gasteiger partial charge is 0.479 e. The topological polar surface area (TPSA) is 63.3 Å². The molecule has 0 spiro atoms. The van der Waals surface area contributed by atoms with Gasteiger partial charge in [-0.05, 0) is 5.56 Å². The molecule has 1 N–H and O–H groups in total. The number of aromatic hydroxyl groups is 1. The van der Waals surface area contributed by atoms with Gasteiger partial charge in [-0.15, -0.1) is 0 Å². The minimum atomic E-state index is -0.420. The van der Waals surface area contributed by atoms with Gasteiger partial charge in [-0.2, -0.15) is 0 Å². The zero-order valence-electron chi connectivity index (χ0n) is 8.88. The van der Waals surface area contributed by atoms with E-state index in [4.69, 9.17) is 9.52 Å². The largest absolute Gasteiger partial charge is 1.00 e. The summed E-state index contributed by atoms with van der Waals surface area (Å²) in [4.78, 5) is 14.2. The van der Waals surface area contributed by atoms with E-state index in [1.165, 1.54) is 0 Å². The monoisotopic (exact) mass is 226 g/mol. The Balaban J connectivity index is 0.00000128. The predicted octanol–water partition coefficient (Wildman–Crippen LogP) is -1.21. The maximum Gasteiger partial charge on any atom is 1.00 e. The summed E-state index contributed by atoms with van der Waals surface area (Å²) in [6, 6.07) is 9.55. The van der Waals surface area contributed by atoms with Crippen LogP contribution in [0.1, 0.15) is 21.9 Å². The van der Waals surface area contributed by atoms with Gasteiger partial charge in [0.05, 0.1) is 0 Å². The summed E-state index contributed by atoms with van der Waals surface area (Å²) in [5.41, 5.74) is 0.956. The molecule has 5 heteroatoms. The van der Waals surface area contributed by atoms with E-state index in [1.54, 1.807) is 0 Å². The molecule has 0 aliphatic carbocycles. The van der Waals surface area contributed by atoms with Gasteiger partial charge < -0.3 is 9.52 Å². The molecule has 76 valence electrons. The van der Waals surface area contributed by atoms with Crippen molar-refractivity contribution in [1.82, 2.24) is 4.98 Å². The van der Waals surface area contributed by atoms with Gasteiger partial charge >= 0.3 is 35.5 Å². The third kappa shape index (κ3) is 2.95. The van der Waals surface area contributed by atoms with Gasteiger partial charge in [0.2, 0.25) is 5.89 Å².